The summed E-state index contributed by atoms with van der Waals surface area (Å²) in [5.74, 6) is -0.263. The van der Waals surface area contributed by atoms with E-state index in [4.69, 9.17) is 0 Å². The van der Waals surface area contributed by atoms with E-state index in [1.807, 2.05) is 52.0 Å². The van der Waals surface area contributed by atoms with Gasteiger partial charge in [-0.15, -0.1) is 0 Å². The van der Waals surface area contributed by atoms with Gasteiger partial charge in [0.25, 0.3) is 11.8 Å². The summed E-state index contributed by atoms with van der Waals surface area (Å²) in [7, 11) is 0. The van der Waals surface area contributed by atoms with Crippen LogP contribution in [0.4, 0.5) is 5.69 Å². The highest BCUT2D eigenvalue weighted by molar-refractivity contribution is 6.07. The third-order valence-electron chi connectivity index (χ3n) is 4.16. The smallest absolute Gasteiger partial charge is 0.259 e. The molecule has 0 aliphatic rings. The predicted molar refractivity (Wildman–Crippen MR) is 100 cm³/mol. The lowest BCUT2D eigenvalue weighted by atomic mass is 10.1. The Kier molecular flexibility index (Phi) is 6.28. The molecule has 5 nitrogen and oxygen atoms in total. The molecule has 1 heterocycles. The molecule has 0 fully saturated rings. The lowest BCUT2D eigenvalue weighted by Gasteiger charge is -2.22. The summed E-state index contributed by atoms with van der Waals surface area (Å²) >= 11 is 0. The molecule has 25 heavy (non-hydrogen) atoms. The molecule has 0 spiro atoms. The van der Waals surface area contributed by atoms with Crippen LogP contribution in [0.3, 0.4) is 0 Å². The number of rotatable bonds is 6. The lowest BCUT2D eigenvalue weighted by molar-refractivity contribution is 0.0772. The van der Waals surface area contributed by atoms with Crippen LogP contribution in [0.25, 0.3) is 0 Å². The number of amides is 2. The topological polar surface area (TPSA) is 53.5 Å². The van der Waals surface area contributed by atoms with Gasteiger partial charge in [-0.3, -0.25) is 14.6 Å². The summed E-state index contributed by atoms with van der Waals surface area (Å²) in [5.41, 5.74) is 2.79. The van der Waals surface area contributed by atoms with Gasteiger partial charge in [0, 0.05) is 37.7 Å². The van der Waals surface area contributed by atoms with Crippen LogP contribution in [0.1, 0.15) is 47.1 Å². The molecular formula is C20H25N3O2. The molecule has 2 amide bonds. The number of carbonyl (C=O) groups excluding carboxylic acids is 2. The summed E-state index contributed by atoms with van der Waals surface area (Å²) in [6.07, 6.45) is 3.03. The maximum absolute atomic E-state index is 12.9. The van der Waals surface area contributed by atoms with E-state index in [0.717, 1.165) is 11.3 Å². The number of pyridine rings is 1. The summed E-state index contributed by atoms with van der Waals surface area (Å²) in [6, 6.07) is 9.44. The standard InChI is InChI=1S/C20H25N3O2/c1-5-22(6-2)19(24)16-12-17(14-21-13-16)20(25)23(7-3)18-10-8-9-15(4)11-18/h8-14H,5-7H2,1-4H3. The van der Waals surface area contributed by atoms with Gasteiger partial charge in [0.2, 0.25) is 0 Å². The molecule has 0 saturated carbocycles. The zero-order valence-corrected chi connectivity index (χ0v) is 15.3. The minimum atomic E-state index is -0.158. The van der Waals surface area contributed by atoms with E-state index in [1.165, 1.54) is 12.4 Å². The van der Waals surface area contributed by atoms with Crippen LogP contribution in [0.15, 0.2) is 42.7 Å². The second-order valence-electron chi connectivity index (χ2n) is 5.83. The normalized spacial score (nSPS) is 10.4. The highest BCUT2D eigenvalue weighted by Crippen LogP contribution is 2.19. The van der Waals surface area contributed by atoms with Gasteiger partial charge in [-0.25, -0.2) is 0 Å². The van der Waals surface area contributed by atoms with E-state index in [1.54, 1.807) is 15.9 Å². The largest absolute Gasteiger partial charge is 0.339 e. The molecule has 2 aromatic rings. The molecule has 1 aromatic heterocycles. The van der Waals surface area contributed by atoms with Crippen molar-refractivity contribution in [3.63, 3.8) is 0 Å². The Morgan fingerprint density at radius 1 is 0.920 bits per heavy atom. The molecule has 0 atom stereocenters. The number of carbonyl (C=O) groups is 2. The molecule has 5 heteroatoms. The maximum atomic E-state index is 12.9. The highest BCUT2D eigenvalue weighted by Gasteiger charge is 2.19. The van der Waals surface area contributed by atoms with Gasteiger partial charge in [0.05, 0.1) is 11.1 Å². The average Bonchev–Trinajstić information content (AvgIpc) is 2.63. The lowest BCUT2D eigenvalue weighted by Crippen LogP contribution is -2.32. The quantitative estimate of drug-likeness (QED) is 0.809. The molecule has 1 aromatic carbocycles. The second-order valence-corrected chi connectivity index (χ2v) is 5.83. The van der Waals surface area contributed by atoms with Crippen molar-refractivity contribution in [2.45, 2.75) is 27.7 Å². The van der Waals surface area contributed by atoms with Crippen molar-refractivity contribution in [1.29, 1.82) is 0 Å². The van der Waals surface area contributed by atoms with Crippen LogP contribution in [-0.4, -0.2) is 41.3 Å². The molecule has 2 rings (SSSR count). The van der Waals surface area contributed by atoms with Crippen LogP contribution in [0.2, 0.25) is 0 Å². The minimum Gasteiger partial charge on any atom is -0.339 e. The predicted octanol–water partition coefficient (Wildman–Crippen LogP) is 3.54. The molecule has 0 aliphatic heterocycles. The fraction of sp³-hybridized carbons (Fsp3) is 0.350. The van der Waals surface area contributed by atoms with E-state index in [-0.39, 0.29) is 11.8 Å². The van der Waals surface area contributed by atoms with E-state index < -0.39 is 0 Å². The molecule has 0 aliphatic carbocycles. The van der Waals surface area contributed by atoms with Crippen molar-refractivity contribution < 1.29 is 9.59 Å². The number of anilines is 1. The fourth-order valence-corrected chi connectivity index (χ4v) is 2.76. The highest BCUT2D eigenvalue weighted by atomic mass is 16.2. The molecule has 0 radical (unpaired) electrons. The Morgan fingerprint density at radius 2 is 1.56 bits per heavy atom. The summed E-state index contributed by atoms with van der Waals surface area (Å²) < 4.78 is 0. The van der Waals surface area contributed by atoms with Crippen molar-refractivity contribution >= 4 is 17.5 Å². The molecule has 0 unspecified atom stereocenters. The van der Waals surface area contributed by atoms with Crippen LogP contribution in [0.5, 0.6) is 0 Å². The van der Waals surface area contributed by atoms with Crippen LogP contribution < -0.4 is 4.90 Å². The number of benzene rings is 1. The Labute approximate surface area is 149 Å². The number of hydrogen-bond acceptors (Lipinski definition) is 3. The van der Waals surface area contributed by atoms with E-state index >= 15 is 0 Å². The third kappa shape index (κ3) is 4.24. The van der Waals surface area contributed by atoms with Gasteiger partial charge >= 0.3 is 0 Å². The molecule has 0 bridgehead atoms. The van der Waals surface area contributed by atoms with E-state index in [0.29, 0.717) is 30.8 Å². The first-order valence-electron chi connectivity index (χ1n) is 8.64. The Bertz CT molecular complexity index is 754. The number of nitrogens with zero attached hydrogens (tertiary/aromatic N) is 3. The summed E-state index contributed by atoms with van der Waals surface area (Å²) in [4.78, 5) is 32.9. The van der Waals surface area contributed by atoms with Gasteiger partial charge in [-0.05, 0) is 51.5 Å². The van der Waals surface area contributed by atoms with Crippen molar-refractivity contribution in [2.24, 2.45) is 0 Å². The first kappa shape index (κ1) is 18.6. The summed E-state index contributed by atoms with van der Waals surface area (Å²) in [6.45, 7) is 9.57. The van der Waals surface area contributed by atoms with Crippen molar-refractivity contribution in [3.05, 3.63) is 59.4 Å². The van der Waals surface area contributed by atoms with Crippen LogP contribution >= 0.6 is 0 Å². The molecular weight excluding hydrogens is 314 g/mol. The van der Waals surface area contributed by atoms with E-state index in [2.05, 4.69) is 4.98 Å². The van der Waals surface area contributed by atoms with Crippen LogP contribution in [-0.2, 0) is 0 Å². The third-order valence-corrected chi connectivity index (χ3v) is 4.16. The van der Waals surface area contributed by atoms with Gasteiger partial charge < -0.3 is 9.80 Å². The first-order valence-corrected chi connectivity index (χ1v) is 8.64. The van der Waals surface area contributed by atoms with E-state index in [9.17, 15) is 9.59 Å². The zero-order valence-electron chi connectivity index (χ0n) is 15.3. The Morgan fingerprint density at radius 3 is 2.12 bits per heavy atom. The van der Waals surface area contributed by atoms with Gasteiger partial charge in [-0.2, -0.15) is 0 Å². The number of aryl methyl sites for hydroxylation is 1. The van der Waals surface area contributed by atoms with Crippen molar-refractivity contribution in [3.8, 4) is 0 Å². The van der Waals surface area contributed by atoms with Crippen molar-refractivity contribution in [2.75, 3.05) is 24.5 Å². The van der Waals surface area contributed by atoms with Crippen LogP contribution in [0, 0.1) is 6.92 Å². The zero-order chi connectivity index (χ0) is 18.4. The molecule has 0 N–H and O–H groups in total. The number of aromatic nitrogens is 1. The first-order chi connectivity index (χ1) is 12.0. The Hall–Kier alpha value is -2.69. The SMILES string of the molecule is CCN(CC)C(=O)c1cncc(C(=O)N(CC)c2cccc(C)c2)c1. The monoisotopic (exact) mass is 339 g/mol. The van der Waals surface area contributed by atoms with Gasteiger partial charge in [0.1, 0.15) is 0 Å². The fourth-order valence-electron chi connectivity index (χ4n) is 2.76. The average molecular weight is 339 g/mol. The second kappa shape index (κ2) is 8.42. The van der Waals surface area contributed by atoms with Crippen molar-refractivity contribution in [1.82, 2.24) is 9.88 Å². The summed E-state index contributed by atoms with van der Waals surface area (Å²) in [5, 5.41) is 0. The Balaban J connectivity index is 2.32. The van der Waals surface area contributed by atoms with Gasteiger partial charge in [-0.1, -0.05) is 12.1 Å². The molecule has 0 saturated heterocycles. The maximum Gasteiger partial charge on any atom is 0.259 e. The minimum absolute atomic E-state index is 0.106. The van der Waals surface area contributed by atoms with Gasteiger partial charge in [0.15, 0.2) is 0 Å². The molecule has 132 valence electrons. The number of hydrogen-bond donors (Lipinski definition) is 0.